The molecule has 0 aliphatic carbocycles. The maximum absolute atomic E-state index is 13.4. The van der Waals surface area contributed by atoms with Crippen molar-refractivity contribution in [1.82, 2.24) is 0 Å². The molecule has 6 aromatic rings. The number of hydrogen-bond donors (Lipinski definition) is 1. The Morgan fingerprint density at radius 3 is 1.76 bits per heavy atom. The van der Waals surface area contributed by atoms with Crippen molar-refractivity contribution in [2.75, 3.05) is 0 Å². The summed E-state index contributed by atoms with van der Waals surface area (Å²) >= 11 is 0. The summed E-state index contributed by atoms with van der Waals surface area (Å²) in [5, 5.41) is 16.6. The lowest BCUT2D eigenvalue weighted by Crippen LogP contribution is -2.10. The molecule has 0 heterocycles. The van der Waals surface area contributed by atoms with Crippen molar-refractivity contribution in [2.24, 2.45) is 0 Å². The monoisotopic (exact) mass is 440 g/mol. The predicted octanol–water partition coefficient (Wildman–Crippen LogP) is 7.74. The lowest BCUT2D eigenvalue weighted by Gasteiger charge is -2.17. The number of ether oxygens (including phenoxy) is 1. The summed E-state index contributed by atoms with van der Waals surface area (Å²) in [6.45, 7) is 0. The molecule has 1 N–H and O–H groups in total. The van der Waals surface area contributed by atoms with Crippen LogP contribution in [-0.2, 0) is 0 Å². The molecule has 34 heavy (non-hydrogen) atoms. The van der Waals surface area contributed by atoms with Gasteiger partial charge in [0, 0.05) is 11.1 Å². The van der Waals surface area contributed by atoms with Gasteiger partial charge in [-0.15, -0.1) is 0 Å². The third-order valence-corrected chi connectivity index (χ3v) is 6.26. The lowest BCUT2D eigenvalue weighted by molar-refractivity contribution is 0.0738. The van der Waals surface area contributed by atoms with Gasteiger partial charge in [0.15, 0.2) is 0 Å². The van der Waals surface area contributed by atoms with E-state index in [1.807, 2.05) is 103 Å². The molecule has 0 spiro atoms. The van der Waals surface area contributed by atoms with E-state index in [1.54, 1.807) is 12.1 Å². The maximum Gasteiger partial charge on any atom is 0.344 e. The van der Waals surface area contributed by atoms with E-state index in [2.05, 4.69) is 0 Å². The Morgan fingerprint density at radius 2 is 1.06 bits per heavy atom. The van der Waals surface area contributed by atoms with Crippen LogP contribution in [0.2, 0.25) is 0 Å². The van der Waals surface area contributed by atoms with E-state index in [1.165, 1.54) is 0 Å². The molecule has 0 bridgehead atoms. The van der Waals surface area contributed by atoms with Gasteiger partial charge in [0.25, 0.3) is 0 Å². The highest BCUT2D eigenvalue weighted by atomic mass is 16.5. The quantitative estimate of drug-likeness (QED) is 0.226. The minimum atomic E-state index is -0.437. The molecule has 0 aliphatic rings. The van der Waals surface area contributed by atoms with Gasteiger partial charge in [0.1, 0.15) is 11.5 Å². The fourth-order valence-electron chi connectivity index (χ4n) is 4.68. The molecular weight excluding hydrogens is 420 g/mol. The second-order valence-electron chi connectivity index (χ2n) is 8.26. The molecule has 0 aliphatic heterocycles. The van der Waals surface area contributed by atoms with Crippen molar-refractivity contribution in [1.29, 1.82) is 0 Å². The molecule has 162 valence electrons. The average molecular weight is 440 g/mol. The third kappa shape index (κ3) is 3.26. The molecule has 0 saturated carbocycles. The van der Waals surface area contributed by atoms with Gasteiger partial charge in [-0.1, -0.05) is 97.1 Å². The number of aromatic hydroxyl groups is 1. The summed E-state index contributed by atoms with van der Waals surface area (Å²) in [6, 6.07) is 36.5. The number of rotatable bonds is 3. The van der Waals surface area contributed by atoms with E-state index in [4.69, 9.17) is 4.74 Å². The van der Waals surface area contributed by atoms with Crippen molar-refractivity contribution >= 4 is 38.3 Å². The zero-order chi connectivity index (χ0) is 23.1. The van der Waals surface area contributed by atoms with Crippen LogP contribution in [-0.4, -0.2) is 11.1 Å². The fraction of sp³-hybridized carbons (Fsp3) is 0. The number of phenols is 1. The second kappa shape index (κ2) is 8.05. The van der Waals surface area contributed by atoms with E-state index in [0.29, 0.717) is 22.4 Å². The summed E-state index contributed by atoms with van der Waals surface area (Å²) in [5.74, 6) is 0.105. The number of phenolic OH excluding ortho intramolecular Hbond substituents is 1. The zero-order valence-electron chi connectivity index (χ0n) is 18.2. The predicted molar refractivity (Wildman–Crippen MR) is 137 cm³/mol. The number of carbonyl (C=O) groups excluding carboxylic acids is 1. The highest BCUT2D eigenvalue weighted by molar-refractivity contribution is 6.11. The van der Waals surface area contributed by atoms with Gasteiger partial charge < -0.3 is 9.84 Å². The summed E-state index contributed by atoms with van der Waals surface area (Å²) < 4.78 is 6.06. The zero-order valence-corrected chi connectivity index (χ0v) is 18.2. The molecule has 0 radical (unpaired) electrons. The summed E-state index contributed by atoms with van der Waals surface area (Å²) in [5.41, 5.74) is 1.84. The van der Waals surface area contributed by atoms with E-state index in [-0.39, 0.29) is 5.75 Å². The van der Waals surface area contributed by atoms with E-state index in [0.717, 1.165) is 32.3 Å². The SMILES string of the molecule is O=C(Oc1ccc2ccccc2c1-c1c(O)ccc2ccccc12)c1cccc2ccccc12. The van der Waals surface area contributed by atoms with E-state index >= 15 is 0 Å². The molecule has 6 aromatic carbocycles. The molecule has 0 fully saturated rings. The Kier molecular flexibility index (Phi) is 4.74. The summed E-state index contributed by atoms with van der Waals surface area (Å²) in [7, 11) is 0. The first-order valence-electron chi connectivity index (χ1n) is 11.1. The van der Waals surface area contributed by atoms with Crippen LogP contribution in [0, 0.1) is 0 Å². The summed E-state index contributed by atoms with van der Waals surface area (Å²) in [4.78, 5) is 13.4. The molecule has 6 rings (SSSR count). The van der Waals surface area contributed by atoms with Crippen molar-refractivity contribution < 1.29 is 14.6 Å². The number of fused-ring (bicyclic) bond motifs is 3. The van der Waals surface area contributed by atoms with Crippen molar-refractivity contribution in [3.63, 3.8) is 0 Å². The van der Waals surface area contributed by atoms with Gasteiger partial charge in [-0.3, -0.25) is 0 Å². The smallest absolute Gasteiger partial charge is 0.344 e. The van der Waals surface area contributed by atoms with Crippen molar-refractivity contribution in [3.05, 3.63) is 121 Å². The molecule has 0 amide bonds. The standard InChI is InChI=1S/C31H20O3/c32-27-18-16-21-9-2-5-13-24(21)29(27)30-25-14-6-3-10-22(25)17-19-28(30)34-31(33)26-15-7-11-20-8-1-4-12-23(20)26/h1-19,32H. The first-order valence-corrected chi connectivity index (χ1v) is 11.1. The third-order valence-electron chi connectivity index (χ3n) is 6.26. The lowest BCUT2D eigenvalue weighted by atomic mass is 9.92. The van der Waals surface area contributed by atoms with Crippen LogP contribution >= 0.6 is 0 Å². The molecular formula is C31H20O3. The average Bonchev–Trinajstić information content (AvgIpc) is 2.88. The minimum Gasteiger partial charge on any atom is -0.507 e. The fourth-order valence-corrected chi connectivity index (χ4v) is 4.68. The van der Waals surface area contributed by atoms with E-state index < -0.39 is 5.97 Å². The molecule has 0 atom stereocenters. The summed E-state index contributed by atoms with van der Waals surface area (Å²) in [6.07, 6.45) is 0. The molecule has 3 heteroatoms. The van der Waals surface area contributed by atoms with Gasteiger partial charge in [-0.05, 0) is 50.5 Å². The largest absolute Gasteiger partial charge is 0.507 e. The highest BCUT2D eigenvalue weighted by Crippen LogP contribution is 2.45. The molecule has 0 saturated heterocycles. The van der Waals surface area contributed by atoms with Crippen LogP contribution in [0.1, 0.15) is 10.4 Å². The number of esters is 1. The second-order valence-corrected chi connectivity index (χ2v) is 8.26. The first kappa shape index (κ1) is 20.0. The van der Waals surface area contributed by atoms with Crippen molar-refractivity contribution in [3.8, 4) is 22.6 Å². The van der Waals surface area contributed by atoms with Crippen molar-refractivity contribution in [2.45, 2.75) is 0 Å². The molecule has 3 nitrogen and oxygen atoms in total. The Balaban J connectivity index is 1.59. The van der Waals surface area contributed by atoms with Crippen LogP contribution < -0.4 is 4.74 Å². The Morgan fingerprint density at radius 1 is 0.529 bits per heavy atom. The van der Waals surface area contributed by atoms with Gasteiger partial charge in [-0.2, -0.15) is 0 Å². The Bertz CT molecular complexity index is 1710. The molecule has 0 unspecified atom stereocenters. The number of benzene rings is 6. The van der Waals surface area contributed by atoms with Crippen LogP contribution in [0.15, 0.2) is 115 Å². The normalized spacial score (nSPS) is 11.2. The Labute approximate surface area is 196 Å². The minimum absolute atomic E-state index is 0.137. The van der Waals surface area contributed by atoms with Gasteiger partial charge in [0.2, 0.25) is 0 Å². The van der Waals surface area contributed by atoms with Crippen LogP contribution in [0.25, 0.3) is 43.4 Å². The molecule has 0 aromatic heterocycles. The Hall–Kier alpha value is -4.63. The van der Waals surface area contributed by atoms with Crippen LogP contribution in [0.5, 0.6) is 11.5 Å². The first-order chi connectivity index (χ1) is 16.7. The van der Waals surface area contributed by atoms with Gasteiger partial charge in [-0.25, -0.2) is 4.79 Å². The number of hydrogen-bond acceptors (Lipinski definition) is 3. The van der Waals surface area contributed by atoms with E-state index in [9.17, 15) is 9.90 Å². The maximum atomic E-state index is 13.4. The van der Waals surface area contributed by atoms with Crippen LogP contribution in [0.3, 0.4) is 0 Å². The number of carbonyl (C=O) groups is 1. The topological polar surface area (TPSA) is 46.5 Å². The van der Waals surface area contributed by atoms with Gasteiger partial charge in [0.05, 0.1) is 5.56 Å². The van der Waals surface area contributed by atoms with Gasteiger partial charge >= 0.3 is 5.97 Å². The van der Waals surface area contributed by atoms with Crippen LogP contribution in [0.4, 0.5) is 0 Å². The highest BCUT2D eigenvalue weighted by Gasteiger charge is 2.21.